The van der Waals surface area contributed by atoms with Crippen LogP contribution in [-0.4, -0.2) is 60.6 Å². The summed E-state index contributed by atoms with van der Waals surface area (Å²) in [6, 6.07) is 0.546. The number of nitrogens with zero attached hydrogens (tertiary/aromatic N) is 2. The first kappa shape index (κ1) is 15.8. The number of rotatable bonds is 5. The average Bonchev–Trinajstić information content (AvgIpc) is 2.65. The van der Waals surface area contributed by atoms with Crippen molar-refractivity contribution in [3.63, 3.8) is 0 Å². The summed E-state index contributed by atoms with van der Waals surface area (Å²) in [5, 5.41) is 9.81. The van der Waals surface area contributed by atoms with E-state index in [0.29, 0.717) is 6.04 Å². The van der Waals surface area contributed by atoms with E-state index in [9.17, 15) is 9.90 Å². The fourth-order valence-electron chi connectivity index (χ4n) is 3.97. The molecule has 1 atom stereocenters. The van der Waals surface area contributed by atoms with Crippen molar-refractivity contribution in [1.82, 2.24) is 9.80 Å². The molecule has 4 heteroatoms. The molecule has 1 N–H and O–H groups in total. The first-order chi connectivity index (χ1) is 9.53. The van der Waals surface area contributed by atoms with E-state index in [2.05, 4.69) is 23.9 Å². The third-order valence-electron chi connectivity index (χ3n) is 5.10. The van der Waals surface area contributed by atoms with Gasteiger partial charge in [-0.15, -0.1) is 0 Å². The molecule has 0 radical (unpaired) electrons. The van der Waals surface area contributed by atoms with Gasteiger partial charge in [0.05, 0.1) is 5.41 Å². The Morgan fingerprint density at radius 1 is 1.20 bits per heavy atom. The highest BCUT2D eigenvalue weighted by Gasteiger charge is 2.42. The number of hydrogen-bond donors (Lipinski definition) is 1. The minimum absolute atomic E-state index is 0.481. The topological polar surface area (TPSA) is 43.8 Å². The zero-order valence-corrected chi connectivity index (χ0v) is 13.1. The molecular formula is C16H30N2O2. The van der Waals surface area contributed by atoms with E-state index in [1.165, 1.54) is 25.7 Å². The van der Waals surface area contributed by atoms with Gasteiger partial charge < -0.3 is 10.0 Å². The Balaban J connectivity index is 2.05. The van der Waals surface area contributed by atoms with Crippen molar-refractivity contribution in [2.45, 2.75) is 57.4 Å². The number of hydrogen-bond acceptors (Lipinski definition) is 3. The fraction of sp³-hybridized carbons (Fsp3) is 0.938. The Hall–Kier alpha value is -0.610. The van der Waals surface area contributed by atoms with E-state index in [1.54, 1.807) is 0 Å². The smallest absolute Gasteiger partial charge is 0.310 e. The Kier molecular flexibility index (Phi) is 5.44. The molecule has 1 aliphatic carbocycles. The van der Waals surface area contributed by atoms with E-state index in [4.69, 9.17) is 0 Å². The molecule has 0 amide bonds. The van der Waals surface area contributed by atoms with Crippen LogP contribution in [-0.2, 0) is 4.79 Å². The van der Waals surface area contributed by atoms with Crippen molar-refractivity contribution in [2.24, 2.45) is 5.41 Å². The van der Waals surface area contributed by atoms with Crippen molar-refractivity contribution in [3.05, 3.63) is 0 Å². The van der Waals surface area contributed by atoms with Gasteiger partial charge in [-0.25, -0.2) is 0 Å². The van der Waals surface area contributed by atoms with Gasteiger partial charge in [0, 0.05) is 19.1 Å². The molecule has 0 aromatic rings. The number of likely N-dealkylation sites (tertiary alicyclic amines) is 1. The van der Waals surface area contributed by atoms with Crippen molar-refractivity contribution in [3.8, 4) is 0 Å². The predicted octanol–water partition coefficient (Wildman–Crippen LogP) is 2.44. The van der Waals surface area contributed by atoms with E-state index in [-0.39, 0.29) is 0 Å². The molecule has 0 aromatic carbocycles. The summed E-state index contributed by atoms with van der Waals surface area (Å²) in [6.45, 7) is 2.89. The molecule has 2 aliphatic rings. The molecule has 1 aliphatic heterocycles. The second kappa shape index (κ2) is 6.90. The Bertz CT molecular complexity index is 322. The van der Waals surface area contributed by atoms with Gasteiger partial charge in [0.25, 0.3) is 0 Å². The monoisotopic (exact) mass is 282 g/mol. The lowest BCUT2D eigenvalue weighted by Gasteiger charge is -2.36. The van der Waals surface area contributed by atoms with E-state index >= 15 is 0 Å². The zero-order valence-electron chi connectivity index (χ0n) is 13.1. The van der Waals surface area contributed by atoms with Crippen LogP contribution < -0.4 is 0 Å². The lowest BCUT2D eigenvalue weighted by molar-refractivity contribution is -0.151. The highest BCUT2D eigenvalue weighted by atomic mass is 16.4. The summed E-state index contributed by atoms with van der Waals surface area (Å²) in [6.07, 6.45) is 8.74. The van der Waals surface area contributed by atoms with Gasteiger partial charge in [0.15, 0.2) is 0 Å². The first-order valence-corrected chi connectivity index (χ1v) is 8.16. The SMILES string of the molecule is CN(C)CC1CCCN1CC1(C(=O)O)CCCCCC1. The summed E-state index contributed by atoms with van der Waals surface area (Å²) < 4.78 is 0. The molecule has 1 saturated heterocycles. The Morgan fingerprint density at radius 2 is 1.85 bits per heavy atom. The van der Waals surface area contributed by atoms with Crippen molar-refractivity contribution >= 4 is 5.97 Å². The van der Waals surface area contributed by atoms with Crippen LogP contribution in [0.1, 0.15) is 51.4 Å². The number of likely N-dealkylation sites (N-methyl/N-ethyl adjacent to an activating group) is 1. The number of carboxylic acids is 1. The summed E-state index contributed by atoms with van der Waals surface area (Å²) in [7, 11) is 4.21. The summed E-state index contributed by atoms with van der Waals surface area (Å²) in [5.74, 6) is -0.560. The lowest BCUT2D eigenvalue weighted by Crippen LogP contribution is -2.47. The van der Waals surface area contributed by atoms with Crippen LogP contribution in [0.4, 0.5) is 0 Å². The van der Waals surface area contributed by atoms with Crippen LogP contribution in [0.15, 0.2) is 0 Å². The van der Waals surface area contributed by atoms with Gasteiger partial charge in [-0.05, 0) is 46.3 Å². The van der Waals surface area contributed by atoms with Crippen molar-refractivity contribution in [1.29, 1.82) is 0 Å². The molecule has 0 bridgehead atoms. The second-order valence-electron chi connectivity index (χ2n) is 7.03. The predicted molar refractivity (Wildman–Crippen MR) is 80.9 cm³/mol. The molecule has 0 spiro atoms. The lowest BCUT2D eigenvalue weighted by atomic mass is 9.79. The van der Waals surface area contributed by atoms with E-state index < -0.39 is 11.4 Å². The zero-order chi connectivity index (χ0) is 14.6. The maximum Gasteiger partial charge on any atom is 0.310 e. The third kappa shape index (κ3) is 3.73. The maximum atomic E-state index is 11.9. The van der Waals surface area contributed by atoms with Gasteiger partial charge in [-0.2, -0.15) is 0 Å². The average molecular weight is 282 g/mol. The van der Waals surface area contributed by atoms with Crippen LogP contribution in [0, 0.1) is 5.41 Å². The van der Waals surface area contributed by atoms with Gasteiger partial charge in [-0.3, -0.25) is 9.69 Å². The minimum Gasteiger partial charge on any atom is -0.481 e. The highest BCUT2D eigenvalue weighted by Crippen LogP contribution is 2.37. The molecule has 0 aromatic heterocycles. The van der Waals surface area contributed by atoms with Crippen LogP contribution in [0.25, 0.3) is 0 Å². The molecule has 1 unspecified atom stereocenters. The molecule has 1 saturated carbocycles. The second-order valence-corrected chi connectivity index (χ2v) is 7.03. The van der Waals surface area contributed by atoms with E-state index in [0.717, 1.165) is 45.3 Å². The number of carboxylic acid groups (broad SMARTS) is 1. The summed E-state index contributed by atoms with van der Waals surface area (Å²) in [5.41, 5.74) is -0.481. The van der Waals surface area contributed by atoms with Crippen molar-refractivity contribution < 1.29 is 9.90 Å². The van der Waals surface area contributed by atoms with Crippen LogP contribution in [0.3, 0.4) is 0 Å². The molecule has 2 rings (SSSR count). The van der Waals surface area contributed by atoms with E-state index in [1.807, 2.05) is 0 Å². The molecule has 116 valence electrons. The van der Waals surface area contributed by atoms with Crippen LogP contribution >= 0.6 is 0 Å². The largest absolute Gasteiger partial charge is 0.481 e. The van der Waals surface area contributed by atoms with Gasteiger partial charge in [-0.1, -0.05) is 25.7 Å². The first-order valence-electron chi connectivity index (χ1n) is 8.16. The molecule has 20 heavy (non-hydrogen) atoms. The third-order valence-corrected chi connectivity index (χ3v) is 5.10. The quantitative estimate of drug-likeness (QED) is 0.787. The Labute approximate surface area is 123 Å². The van der Waals surface area contributed by atoms with Crippen LogP contribution in [0.5, 0.6) is 0 Å². The fourth-order valence-corrected chi connectivity index (χ4v) is 3.97. The minimum atomic E-state index is -0.560. The normalized spacial score (nSPS) is 27.6. The summed E-state index contributed by atoms with van der Waals surface area (Å²) in [4.78, 5) is 16.6. The standard InChI is InChI=1S/C16H30N2O2/c1-17(2)12-14-8-7-11-18(14)13-16(15(19)20)9-5-3-4-6-10-16/h14H,3-13H2,1-2H3,(H,19,20). The van der Waals surface area contributed by atoms with Gasteiger partial charge in [0.2, 0.25) is 0 Å². The molecule has 2 fully saturated rings. The highest BCUT2D eigenvalue weighted by molar-refractivity contribution is 5.75. The molecule has 4 nitrogen and oxygen atoms in total. The maximum absolute atomic E-state index is 11.9. The summed E-state index contributed by atoms with van der Waals surface area (Å²) >= 11 is 0. The number of carbonyl (C=O) groups is 1. The van der Waals surface area contributed by atoms with Gasteiger partial charge >= 0.3 is 5.97 Å². The molecular weight excluding hydrogens is 252 g/mol. The number of aliphatic carboxylic acids is 1. The van der Waals surface area contributed by atoms with Gasteiger partial charge in [0.1, 0.15) is 0 Å². The molecule has 1 heterocycles. The Morgan fingerprint density at radius 3 is 2.40 bits per heavy atom. The van der Waals surface area contributed by atoms with Crippen LogP contribution in [0.2, 0.25) is 0 Å². The van der Waals surface area contributed by atoms with Crippen molar-refractivity contribution in [2.75, 3.05) is 33.7 Å².